The van der Waals surface area contributed by atoms with Crippen LogP contribution in [0.4, 0.5) is 5.69 Å². The fourth-order valence-corrected chi connectivity index (χ4v) is 4.39. The van der Waals surface area contributed by atoms with E-state index in [0.717, 1.165) is 96.2 Å². The smallest absolute Gasteiger partial charge is 0.220 e. The zero-order valence-electron chi connectivity index (χ0n) is 18.8. The maximum Gasteiger partial charge on any atom is 0.220 e. The van der Waals surface area contributed by atoms with Gasteiger partial charge in [-0.2, -0.15) is 0 Å². The predicted molar refractivity (Wildman–Crippen MR) is 125 cm³/mol. The minimum Gasteiger partial charge on any atom is -0.506 e. The van der Waals surface area contributed by atoms with E-state index >= 15 is 0 Å². The molecular formula is C23H38N6O2. The van der Waals surface area contributed by atoms with Gasteiger partial charge in [0.1, 0.15) is 5.75 Å². The number of likely N-dealkylation sites (tertiary alicyclic amines) is 1. The van der Waals surface area contributed by atoms with Crippen LogP contribution in [0.3, 0.4) is 0 Å². The molecule has 2 heterocycles. The van der Waals surface area contributed by atoms with E-state index in [9.17, 15) is 9.90 Å². The molecule has 8 heteroatoms. The molecule has 0 unspecified atom stereocenters. The van der Waals surface area contributed by atoms with E-state index in [1.807, 2.05) is 18.2 Å². The summed E-state index contributed by atoms with van der Waals surface area (Å²) in [4.78, 5) is 23.1. The van der Waals surface area contributed by atoms with Gasteiger partial charge in [-0.3, -0.25) is 9.79 Å². The maximum atomic E-state index is 11.3. The second-order valence-electron chi connectivity index (χ2n) is 8.42. The third-order valence-corrected chi connectivity index (χ3v) is 6.27. The molecule has 0 saturated carbocycles. The number of nitrogens with two attached hydrogens (primary N) is 1. The lowest BCUT2D eigenvalue weighted by Gasteiger charge is -2.37. The van der Waals surface area contributed by atoms with Gasteiger partial charge in [0.05, 0.1) is 5.69 Å². The van der Waals surface area contributed by atoms with Crippen LogP contribution in [-0.2, 0) is 4.79 Å². The normalized spacial score (nSPS) is 18.9. The highest BCUT2D eigenvalue weighted by Gasteiger charge is 2.23. The van der Waals surface area contributed by atoms with E-state index in [1.54, 1.807) is 6.07 Å². The first kappa shape index (κ1) is 23.2. The monoisotopic (exact) mass is 430 g/mol. The molecule has 1 aromatic carbocycles. The summed E-state index contributed by atoms with van der Waals surface area (Å²) in [6.07, 6.45) is 3.96. The number of guanidine groups is 1. The minimum atomic E-state index is -0.147. The Morgan fingerprint density at radius 2 is 1.84 bits per heavy atom. The van der Waals surface area contributed by atoms with Crippen LogP contribution in [0.2, 0.25) is 0 Å². The van der Waals surface area contributed by atoms with Gasteiger partial charge >= 0.3 is 0 Å². The van der Waals surface area contributed by atoms with Crippen LogP contribution >= 0.6 is 0 Å². The van der Waals surface area contributed by atoms with Crippen molar-refractivity contribution in [3.05, 3.63) is 24.3 Å². The number of hydrogen-bond acceptors (Lipinski definition) is 5. The summed E-state index contributed by atoms with van der Waals surface area (Å²) in [5.74, 6) is 1.25. The number of benzene rings is 1. The lowest BCUT2D eigenvalue weighted by atomic mass is 9.96. The van der Waals surface area contributed by atoms with Gasteiger partial charge in [0.25, 0.3) is 0 Å². The second-order valence-corrected chi connectivity index (χ2v) is 8.42. The lowest BCUT2D eigenvalue weighted by molar-refractivity contribution is -0.123. The number of primary amides is 1. The SMILES string of the molecule is CCNC(=NCCCCN1CCC(C(N)=O)CC1)N1CCN(c2ccccc2O)CC1. The molecule has 2 fully saturated rings. The van der Waals surface area contributed by atoms with Crippen LogP contribution in [-0.4, -0.2) is 85.7 Å². The molecule has 4 N–H and O–H groups in total. The summed E-state index contributed by atoms with van der Waals surface area (Å²) in [7, 11) is 0. The van der Waals surface area contributed by atoms with Crippen LogP contribution in [0.25, 0.3) is 0 Å². The molecule has 2 aliphatic heterocycles. The van der Waals surface area contributed by atoms with Gasteiger partial charge in [-0.25, -0.2) is 0 Å². The summed E-state index contributed by atoms with van der Waals surface area (Å²) >= 11 is 0. The van der Waals surface area contributed by atoms with Gasteiger partial charge < -0.3 is 30.9 Å². The average Bonchev–Trinajstić information content (AvgIpc) is 2.79. The standard InChI is InChI=1S/C23H38N6O2/c1-2-25-23(26-11-5-6-12-27-13-9-19(10-14-27)22(24)31)29-17-15-28(16-18-29)20-7-3-4-8-21(20)30/h3-4,7-8,19,30H,2,5-6,9-18H2,1H3,(H2,24,31)(H,25,26). The summed E-state index contributed by atoms with van der Waals surface area (Å²) in [5, 5.41) is 13.5. The van der Waals surface area contributed by atoms with Crippen LogP contribution in [0, 0.1) is 5.92 Å². The Bertz CT molecular complexity index is 725. The zero-order valence-corrected chi connectivity index (χ0v) is 18.8. The molecule has 0 radical (unpaired) electrons. The van der Waals surface area contributed by atoms with Crippen molar-refractivity contribution in [3.8, 4) is 5.75 Å². The molecule has 3 rings (SSSR count). The first-order valence-corrected chi connectivity index (χ1v) is 11.7. The molecule has 0 atom stereocenters. The van der Waals surface area contributed by atoms with Gasteiger partial charge in [0.2, 0.25) is 5.91 Å². The van der Waals surface area contributed by atoms with Crippen molar-refractivity contribution in [2.45, 2.75) is 32.6 Å². The third-order valence-electron chi connectivity index (χ3n) is 6.27. The third kappa shape index (κ3) is 6.75. The van der Waals surface area contributed by atoms with E-state index in [0.29, 0.717) is 5.75 Å². The first-order chi connectivity index (χ1) is 15.1. The zero-order chi connectivity index (χ0) is 22.1. The topological polar surface area (TPSA) is 97.4 Å². The van der Waals surface area contributed by atoms with Crippen molar-refractivity contribution in [1.29, 1.82) is 0 Å². The van der Waals surface area contributed by atoms with Gasteiger partial charge in [-0.05, 0) is 64.4 Å². The van der Waals surface area contributed by atoms with Crippen molar-refractivity contribution in [2.24, 2.45) is 16.6 Å². The molecule has 2 aliphatic rings. The number of aromatic hydroxyl groups is 1. The fourth-order valence-electron chi connectivity index (χ4n) is 4.39. The Hall–Kier alpha value is -2.48. The largest absolute Gasteiger partial charge is 0.506 e. The molecule has 0 bridgehead atoms. The average molecular weight is 431 g/mol. The van der Waals surface area contributed by atoms with Crippen LogP contribution in [0.5, 0.6) is 5.75 Å². The Morgan fingerprint density at radius 3 is 2.48 bits per heavy atom. The van der Waals surface area contributed by atoms with Crippen molar-refractivity contribution in [2.75, 3.05) is 63.8 Å². The number of amides is 1. The van der Waals surface area contributed by atoms with Gasteiger partial charge in [-0.15, -0.1) is 0 Å². The Morgan fingerprint density at radius 1 is 1.13 bits per heavy atom. The summed E-state index contributed by atoms with van der Waals surface area (Å²) in [6, 6.07) is 7.54. The van der Waals surface area contributed by atoms with Gasteiger partial charge in [0.15, 0.2) is 5.96 Å². The molecule has 1 amide bonds. The minimum absolute atomic E-state index is 0.0647. The molecule has 31 heavy (non-hydrogen) atoms. The number of unbranched alkanes of at least 4 members (excludes halogenated alkanes) is 1. The van der Waals surface area contributed by atoms with E-state index in [1.165, 1.54) is 0 Å². The summed E-state index contributed by atoms with van der Waals surface area (Å²) in [6.45, 7) is 10.3. The molecule has 172 valence electrons. The number of rotatable bonds is 8. The highest BCUT2D eigenvalue weighted by atomic mass is 16.3. The maximum absolute atomic E-state index is 11.3. The van der Waals surface area contributed by atoms with E-state index in [4.69, 9.17) is 10.7 Å². The van der Waals surface area contributed by atoms with Crippen molar-refractivity contribution < 1.29 is 9.90 Å². The Balaban J connectivity index is 1.39. The van der Waals surface area contributed by atoms with E-state index in [2.05, 4.69) is 26.9 Å². The number of carbonyl (C=O) groups excluding carboxylic acids is 1. The quantitative estimate of drug-likeness (QED) is 0.328. The lowest BCUT2D eigenvalue weighted by Crippen LogP contribution is -2.52. The number of phenols is 1. The number of piperazine rings is 1. The van der Waals surface area contributed by atoms with Crippen molar-refractivity contribution >= 4 is 17.6 Å². The first-order valence-electron chi connectivity index (χ1n) is 11.7. The number of hydrogen-bond donors (Lipinski definition) is 3. The number of nitrogens with one attached hydrogen (secondary N) is 1. The fraction of sp³-hybridized carbons (Fsp3) is 0.652. The number of nitrogens with zero attached hydrogens (tertiary/aromatic N) is 4. The van der Waals surface area contributed by atoms with Crippen molar-refractivity contribution in [3.63, 3.8) is 0 Å². The van der Waals surface area contributed by atoms with Gasteiger partial charge in [0, 0.05) is 45.2 Å². The number of piperidine rings is 1. The van der Waals surface area contributed by atoms with Crippen LogP contribution in [0.15, 0.2) is 29.3 Å². The van der Waals surface area contributed by atoms with Crippen LogP contribution < -0.4 is 16.0 Å². The predicted octanol–water partition coefficient (Wildman–Crippen LogP) is 1.46. The molecule has 8 nitrogen and oxygen atoms in total. The van der Waals surface area contributed by atoms with E-state index in [-0.39, 0.29) is 11.8 Å². The summed E-state index contributed by atoms with van der Waals surface area (Å²) in [5.41, 5.74) is 6.32. The number of aliphatic imine (C=N–C) groups is 1. The second kappa shape index (κ2) is 11.8. The molecule has 0 aliphatic carbocycles. The summed E-state index contributed by atoms with van der Waals surface area (Å²) < 4.78 is 0. The molecule has 2 saturated heterocycles. The molecular weight excluding hydrogens is 392 g/mol. The number of para-hydroxylation sites is 2. The molecule has 0 spiro atoms. The molecule has 0 aromatic heterocycles. The Labute approximate surface area is 186 Å². The number of carbonyl (C=O) groups is 1. The Kier molecular flexibility index (Phi) is 8.82. The van der Waals surface area contributed by atoms with Crippen LogP contribution in [0.1, 0.15) is 32.6 Å². The van der Waals surface area contributed by atoms with Crippen molar-refractivity contribution in [1.82, 2.24) is 15.1 Å². The van der Waals surface area contributed by atoms with E-state index < -0.39 is 0 Å². The van der Waals surface area contributed by atoms with Gasteiger partial charge in [-0.1, -0.05) is 12.1 Å². The number of phenolic OH excluding ortho intramolecular Hbond substituents is 1. The highest BCUT2D eigenvalue weighted by Crippen LogP contribution is 2.27. The number of anilines is 1. The highest BCUT2D eigenvalue weighted by molar-refractivity contribution is 5.80. The molecule has 1 aromatic rings.